The number of nitrogens with one attached hydrogen (secondary N) is 3. The third-order valence-corrected chi connectivity index (χ3v) is 5.08. The highest BCUT2D eigenvalue weighted by molar-refractivity contribution is 5.80. The molecule has 0 saturated heterocycles. The van der Waals surface area contributed by atoms with E-state index in [1.807, 2.05) is 0 Å². The number of aliphatic imine (C=N–C) groups is 1. The Morgan fingerprint density at radius 2 is 1.84 bits per heavy atom. The number of nitrogens with zero attached hydrogens (tertiary/aromatic N) is 1. The number of guanidine groups is 1. The van der Waals surface area contributed by atoms with Crippen molar-refractivity contribution in [1.29, 1.82) is 0 Å². The first-order valence-corrected chi connectivity index (χ1v) is 10.7. The van der Waals surface area contributed by atoms with Crippen molar-refractivity contribution in [2.75, 3.05) is 26.7 Å². The lowest BCUT2D eigenvalue weighted by Gasteiger charge is -2.15. The molecule has 1 amide bonds. The number of amides is 1. The van der Waals surface area contributed by atoms with Gasteiger partial charge in [0.15, 0.2) is 5.96 Å². The highest BCUT2D eigenvalue weighted by atomic mass is 19.1. The summed E-state index contributed by atoms with van der Waals surface area (Å²) in [6.45, 7) is 4.43. The summed E-state index contributed by atoms with van der Waals surface area (Å²) in [4.78, 5) is 16.2. The van der Waals surface area contributed by atoms with Crippen molar-refractivity contribution in [2.45, 2.75) is 32.7 Å². The molecule has 1 fully saturated rings. The van der Waals surface area contributed by atoms with E-state index in [2.05, 4.69) is 46.1 Å². The van der Waals surface area contributed by atoms with Crippen LogP contribution in [0.5, 0.6) is 5.75 Å². The molecule has 1 aliphatic carbocycles. The van der Waals surface area contributed by atoms with Gasteiger partial charge in [0.1, 0.15) is 11.6 Å². The minimum Gasteiger partial charge on any atom is -0.493 e. The Hall–Kier alpha value is -3.09. The molecule has 0 unspecified atom stereocenters. The van der Waals surface area contributed by atoms with Crippen LogP contribution in [0.4, 0.5) is 4.39 Å². The van der Waals surface area contributed by atoms with E-state index in [1.54, 1.807) is 19.2 Å². The minimum atomic E-state index is -0.306. The Labute approximate surface area is 183 Å². The molecule has 166 valence electrons. The molecule has 0 aliphatic heterocycles. The largest absolute Gasteiger partial charge is 0.493 e. The van der Waals surface area contributed by atoms with Gasteiger partial charge in [0.25, 0.3) is 0 Å². The number of carbonyl (C=O) groups excluding carboxylic acids is 1. The summed E-state index contributed by atoms with van der Waals surface area (Å²) < 4.78 is 19.0. The normalized spacial score (nSPS) is 13.6. The van der Waals surface area contributed by atoms with E-state index in [0.29, 0.717) is 31.5 Å². The minimum absolute atomic E-state index is 0.103. The molecule has 0 heterocycles. The molecule has 0 spiro atoms. The molecule has 0 radical (unpaired) electrons. The highest BCUT2D eigenvalue weighted by Crippen LogP contribution is 2.30. The molecule has 0 bridgehead atoms. The standard InChI is InChI=1S/C24H31FN4O2/c1-17-3-8-20(22(13-17)31-16-19-4-5-19)15-29-24(26-2)28-12-11-27-23(30)14-18-6-9-21(25)10-7-18/h3,6-10,13,19H,4-5,11-12,14-16H2,1-2H3,(H,27,30)(H2,26,28,29). The van der Waals surface area contributed by atoms with E-state index in [9.17, 15) is 9.18 Å². The van der Waals surface area contributed by atoms with Gasteiger partial charge in [-0.2, -0.15) is 0 Å². The molecule has 0 atom stereocenters. The first-order valence-electron chi connectivity index (χ1n) is 10.7. The maximum atomic E-state index is 12.9. The average molecular weight is 427 g/mol. The summed E-state index contributed by atoms with van der Waals surface area (Å²) in [5.41, 5.74) is 3.04. The second-order valence-electron chi connectivity index (χ2n) is 7.87. The van der Waals surface area contributed by atoms with Crippen molar-refractivity contribution in [1.82, 2.24) is 16.0 Å². The van der Waals surface area contributed by atoms with Gasteiger partial charge in [-0.15, -0.1) is 0 Å². The predicted molar refractivity (Wildman–Crippen MR) is 121 cm³/mol. The summed E-state index contributed by atoms with van der Waals surface area (Å²) in [6, 6.07) is 12.2. The van der Waals surface area contributed by atoms with E-state index in [0.717, 1.165) is 23.5 Å². The average Bonchev–Trinajstić information content (AvgIpc) is 3.59. The molecule has 1 aliphatic rings. The summed E-state index contributed by atoms with van der Waals surface area (Å²) >= 11 is 0. The van der Waals surface area contributed by atoms with E-state index < -0.39 is 0 Å². The summed E-state index contributed by atoms with van der Waals surface area (Å²) in [5, 5.41) is 9.33. The van der Waals surface area contributed by atoms with Crippen LogP contribution in [0.15, 0.2) is 47.5 Å². The Morgan fingerprint density at radius 3 is 2.55 bits per heavy atom. The van der Waals surface area contributed by atoms with Gasteiger partial charge in [-0.25, -0.2) is 4.39 Å². The Balaban J connectivity index is 1.38. The molecule has 2 aromatic carbocycles. The van der Waals surface area contributed by atoms with Gasteiger partial charge in [0.2, 0.25) is 5.91 Å². The van der Waals surface area contributed by atoms with E-state index >= 15 is 0 Å². The highest BCUT2D eigenvalue weighted by Gasteiger charge is 2.22. The van der Waals surface area contributed by atoms with Crippen LogP contribution in [-0.2, 0) is 17.8 Å². The third kappa shape index (κ3) is 7.92. The SMILES string of the molecule is CN=C(NCCNC(=O)Cc1ccc(F)cc1)NCc1ccc(C)cc1OCC1CC1. The topological polar surface area (TPSA) is 74.8 Å². The van der Waals surface area contributed by atoms with Gasteiger partial charge in [-0.1, -0.05) is 24.3 Å². The smallest absolute Gasteiger partial charge is 0.224 e. The van der Waals surface area contributed by atoms with Gasteiger partial charge in [0.05, 0.1) is 13.0 Å². The Bertz CT molecular complexity index is 895. The molecule has 3 N–H and O–H groups in total. The quantitative estimate of drug-likeness (QED) is 0.310. The molecule has 7 heteroatoms. The monoisotopic (exact) mass is 426 g/mol. The van der Waals surface area contributed by atoms with Crippen LogP contribution in [0.3, 0.4) is 0 Å². The fourth-order valence-corrected chi connectivity index (χ4v) is 3.07. The first-order chi connectivity index (χ1) is 15.0. The third-order valence-electron chi connectivity index (χ3n) is 5.08. The lowest BCUT2D eigenvalue weighted by atomic mass is 10.1. The zero-order valence-electron chi connectivity index (χ0n) is 18.2. The van der Waals surface area contributed by atoms with Gasteiger partial charge in [-0.05, 0) is 55.0 Å². The van der Waals surface area contributed by atoms with Crippen molar-refractivity contribution < 1.29 is 13.9 Å². The molecule has 2 aromatic rings. The predicted octanol–water partition coefficient (Wildman–Crippen LogP) is 2.95. The fraction of sp³-hybridized carbons (Fsp3) is 0.417. The van der Waals surface area contributed by atoms with E-state index in [4.69, 9.17) is 4.74 Å². The van der Waals surface area contributed by atoms with Gasteiger partial charge < -0.3 is 20.7 Å². The second kappa shape index (κ2) is 11.3. The summed E-state index contributed by atoms with van der Waals surface area (Å²) in [5.74, 6) is 1.87. The number of hydrogen-bond donors (Lipinski definition) is 3. The van der Waals surface area contributed by atoms with Crippen molar-refractivity contribution in [3.63, 3.8) is 0 Å². The number of benzene rings is 2. The molecule has 6 nitrogen and oxygen atoms in total. The van der Waals surface area contributed by atoms with Crippen LogP contribution in [0.25, 0.3) is 0 Å². The van der Waals surface area contributed by atoms with Crippen molar-refractivity contribution in [3.8, 4) is 5.75 Å². The van der Waals surface area contributed by atoms with Gasteiger partial charge in [0, 0.05) is 32.2 Å². The molecule has 0 aromatic heterocycles. The van der Waals surface area contributed by atoms with Crippen molar-refractivity contribution in [2.24, 2.45) is 10.9 Å². The maximum absolute atomic E-state index is 12.9. The number of carbonyl (C=O) groups is 1. The zero-order chi connectivity index (χ0) is 22.1. The lowest BCUT2D eigenvalue weighted by molar-refractivity contribution is -0.120. The van der Waals surface area contributed by atoms with Crippen molar-refractivity contribution in [3.05, 3.63) is 65.0 Å². The second-order valence-corrected chi connectivity index (χ2v) is 7.87. The zero-order valence-corrected chi connectivity index (χ0v) is 18.2. The van der Waals surface area contributed by atoms with Gasteiger partial charge in [-0.3, -0.25) is 9.79 Å². The molecular weight excluding hydrogens is 395 g/mol. The number of aryl methyl sites for hydroxylation is 1. The molecular formula is C24H31FN4O2. The van der Waals surface area contributed by atoms with Crippen LogP contribution in [0.1, 0.15) is 29.5 Å². The van der Waals surface area contributed by atoms with Crippen LogP contribution < -0.4 is 20.7 Å². The van der Waals surface area contributed by atoms with Crippen LogP contribution >= 0.6 is 0 Å². The molecule has 3 rings (SSSR count). The first kappa shape index (κ1) is 22.6. The number of rotatable bonds is 10. The summed E-state index contributed by atoms with van der Waals surface area (Å²) in [7, 11) is 1.71. The molecule has 31 heavy (non-hydrogen) atoms. The van der Waals surface area contributed by atoms with Crippen LogP contribution in [0, 0.1) is 18.7 Å². The van der Waals surface area contributed by atoms with E-state index in [1.165, 1.54) is 30.5 Å². The van der Waals surface area contributed by atoms with E-state index in [-0.39, 0.29) is 18.1 Å². The van der Waals surface area contributed by atoms with Crippen molar-refractivity contribution >= 4 is 11.9 Å². The maximum Gasteiger partial charge on any atom is 0.224 e. The Morgan fingerprint density at radius 1 is 1.10 bits per heavy atom. The number of hydrogen-bond acceptors (Lipinski definition) is 3. The van der Waals surface area contributed by atoms with Crippen LogP contribution in [-0.4, -0.2) is 38.6 Å². The van der Waals surface area contributed by atoms with Crippen LogP contribution in [0.2, 0.25) is 0 Å². The molecule has 1 saturated carbocycles. The Kier molecular flexibility index (Phi) is 8.27. The van der Waals surface area contributed by atoms with Gasteiger partial charge >= 0.3 is 0 Å². The fourth-order valence-electron chi connectivity index (χ4n) is 3.07. The number of halogens is 1. The number of ether oxygens (including phenoxy) is 1. The lowest BCUT2D eigenvalue weighted by Crippen LogP contribution is -2.41. The summed E-state index contributed by atoms with van der Waals surface area (Å²) in [6.07, 6.45) is 2.75.